The van der Waals surface area contributed by atoms with Crippen molar-refractivity contribution in [3.8, 4) is 12.3 Å². The zero-order valence-corrected chi connectivity index (χ0v) is 5.22. The quantitative estimate of drug-likeness (QED) is 0.543. The van der Waals surface area contributed by atoms with Gasteiger partial charge in [-0.05, 0) is 12.8 Å². The molecular formula is C7H12O. The van der Waals surface area contributed by atoms with E-state index >= 15 is 0 Å². The summed E-state index contributed by atoms with van der Waals surface area (Å²) in [6, 6.07) is 0. The van der Waals surface area contributed by atoms with Gasteiger partial charge in [0.1, 0.15) is 0 Å². The number of hydrogen-bond donors (Lipinski definition) is 1. The summed E-state index contributed by atoms with van der Waals surface area (Å²) in [5.41, 5.74) is 0. The van der Waals surface area contributed by atoms with Gasteiger partial charge in [-0.1, -0.05) is 6.92 Å². The molecule has 8 heavy (non-hydrogen) atoms. The van der Waals surface area contributed by atoms with Crippen LogP contribution < -0.4 is 0 Å². The Kier molecular flexibility index (Phi) is 4.39. The maximum atomic E-state index is 8.89. The average Bonchev–Trinajstić information content (AvgIpc) is 1.83. The van der Waals surface area contributed by atoms with Crippen LogP contribution in [0, 0.1) is 12.3 Å². The summed E-state index contributed by atoms with van der Waals surface area (Å²) >= 11 is 0. The van der Waals surface area contributed by atoms with E-state index in [0.717, 1.165) is 12.8 Å². The molecule has 1 N–H and O–H groups in total. The van der Waals surface area contributed by atoms with E-state index in [0.29, 0.717) is 6.42 Å². The molecule has 0 radical (unpaired) electrons. The average molecular weight is 112 g/mol. The molecule has 0 saturated carbocycles. The van der Waals surface area contributed by atoms with Crippen molar-refractivity contribution in [2.45, 2.75) is 32.3 Å². The van der Waals surface area contributed by atoms with Gasteiger partial charge in [-0.15, -0.1) is 12.3 Å². The molecule has 1 atom stereocenters. The number of aliphatic hydroxyl groups is 1. The molecule has 0 amide bonds. The van der Waals surface area contributed by atoms with Crippen LogP contribution in [0.25, 0.3) is 0 Å². The molecule has 0 aliphatic carbocycles. The zero-order valence-electron chi connectivity index (χ0n) is 5.22. The van der Waals surface area contributed by atoms with Crippen LogP contribution in [0.1, 0.15) is 26.2 Å². The smallest absolute Gasteiger partial charge is 0.0546 e. The lowest BCUT2D eigenvalue weighted by Crippen LogP contribution is -2.02. The second-order valence-corrected chi connectivity index (χ2v) is 1.80. The molecule has 0 aliphatic rings. The number of rotatable bonds is 3. The molecule has 1 nitrogen and oxygen atoms in total. The topological polar surface area (TPSA) is 20.2 Å². The van der Waals surface area contributed by atoms with Gasteiger partial charge in [0.25, 0.3) is 0 Å². The Morgan fingerprint density at radius 3 is 2.75 bits per heavy atom. The fourth-order valence-corrected chi connectivity index (χ4v) is 0.454. The summed E-state index contributed by atoms with van der Waals surface area (Å²) in [5, 5.41) is 8.89. The molecule has 1 heteroatoms. The Balaban J connectivity index is 3.01. The van der Waals surface area contributed by atoms with E-state index in [1.54, 1.807) is 0 Å². The Bertz CT molecular complexity index is 80.9. The van der Waals surface area contributed by atoms with Crippen LogP contribution in [0.3, 0.4) is 0 Å². The fourth-order valence-electron chi connectivity index (χ4n) is 0.454. The zero-order chi connectivity index (χ0) is 6.41. The van der Waals surface area contributed by atoms with Crippen LogP contribution in [0.2, 0.25) is 0 Å². The fraction of sp³-hybridized carbons (Fsp3) is 0.714. The van der Waals surface area contributed by atoms with Crippen molar-refractivity contribution >= 4 is 0 Å². The molecule has 0 bridgehead atoms. The first-order chi connectivity index (χ1) is 3.81. The van der Waals surface area contributed by atoms with Crippen LogP contribution in [-0.4, -0.2) is 11.2 Å². The van der Waals surface area contributed by atoms with E-state index in [9.17, 15) is 0 Å². The van der Waals surface area contributed by atoms with Crippen LogP contribution >= 0.6 is 0 Å². The van der Waals surface area contributed by atoms with Gasteiger partial charge in [-0.25, -0.2) is 0 Å². The highest BCUT2D eigenvalue weighted by Gasteiger charge is 1.95. The third-order valence-electron chi connectivity index (χ3n) is 1.09. The SMILES string of the molecule is C#CCC[C@H](O)CC. The molecule has 46 valence electrons. The first-order valence-corrected chi connectivity index (χ1v) is 2.92. The molecule has 0 heterocycles. The Morgan fingerprint density at radius 2 is 2.38 bits per heavy atom. The normalized spacial score (nSPS) is 12.6. The largest absolute Gasteiger partial charge is 0.393 e. The van der Waals surface area contributed by atoms with Gasteiger partial charge in [-0.3, -0.25) is 0 Å². The molecule has 0 unspecified atom stereocenters. The second kappa shape index (κ2) is 4.67. The van der Waals surface area contributed by atoms with Crippen molar-refractivity contribution in [2.75, 3.05) is 0 Å². The molecule has 0 aromatic rings. The van der Waals surface area contributed by atoms with Gasteiger partial charge in [0.05, 0.1) is 6.10 Å². The molecule has 0 aromatic carbocycles. The standard InChI is InChI=1S/C7H12O/c1-3-5-6-7(8)4-2/h1,7-8H,4-6H2,2H3/t7-/m1/s1. The molecule has 0 aromatic heterocycles. The van der Waals surface area contributed by atoms with E-state index in [2.05, 4.69) is 5.92 Å². The lowest BCUT2D eigenvalue weighted by atomic mass is 10.2. The van der Waals surface area contributed by atoms with Crippen LogP contribution in [0.4, 0.5) is 0 Å². The summed E-state index contributed by atoms with van der Waals surface area (Å²) in [7, 11) is 0. The minimum absolute atomic E-state index is 0.189. The highest BCUT2D eigenvalue weighted by molar-refractivity contribution is 4.83. The van der Waals surface area contributed by atoms with Crippen molar-refractivity contribution < 1.29 is 5.11 Å². The molecule has 0 saturated heterocycles. The molecule has 0 rings (SSSR count). The summed E-state index contributed by atoms with van der Waals surface area (Å²) in [6.45, 7) is 1.95. The maximum Gasteiger partial charge on any atom is 0.0546 e. The highest BCUT2D eigenvalue weighted by Crippen LogP contribution is 1.98. The van der Waals surface area contributed by atoms with Gasteiger partial charge >= 0.3 is 0 Å². The van der Waals surface area contributed by atoms with Crippen molar-refractivity contribution in [3.63, 3.8) is 0 Å². The third kappa shape index (κ3) is 3.70. The third-order valence-corrected chi connectivity index (χ3v) is 1.09. The van der Waals surface area contributed by atoms with E-state index in [-0.39, 0.29) is 6.10 Å². The van der Waals surface area contributed by atoms with Crippen molar-refractivity contribution in [1.82, 2.24) is 0 Å². The molecular weight excluding hydrogens is 100 g/mol. The number of terminal acetylenes is 1. The second-order valence-electron chi connectivity index (χ2n) is 1.80. The summed E-state index contributed by atoms with van der Waals surface area (Å²) in [5.74, 6) is 2.47. The Labute approximate surface area is 50.7 Å². The lowest BCUT2D eigenvalue weighted by molar-refractivity contribution is 0.162. The molecule has 0 aliphatic heterocycles. The Hall–Kier alpha value is -0.480. The van der Waals surface area contributed by atoms with Crippen molar-refractivity contribution in [1.29, 1.82) is 0 Å². The van der Waals surface area contributed by atoms with Gasteiger partial charge in [0.15, 0.2) is 0 Å². The van der Waals surface area contributed by atoms with Gasteiger partial charge in [0.2, 0.25) is 0 Å². The van der Waals surface area contributed by atoms with Crippen molar-refractivity contribution in [2.24, 2.45) is 0 Å². The van der Waals surface area contributed by atoms with Gasteiger partial charge < -0.3 is 5.11 Å². The minimum Gasteiger partial charge on any atom is -0.393 e. The van der Waals surface area contributed by atoms with E-state index < -0.39 is 0 Å². The molecule has 0 fully saturated rings. The monoisotopic (exact) mass is 112 g/mol. The van der Waals surface area contributed by atoms with Gasteiger partial charge in [0, 0.05) is 6.42 Å². The van der Waals surface area contributed by atoms with E-state index in [4.69, 9.17) is 11.5 Å². The highest BCUT2D eigenvalue weighted by atomic mass is 16.3. The van der Waals surface area contributed by atoms with Gasteiger partial charge in [-0.2, -0.15) is 0 Å². The maximum absolute atomic E-state index is 8.89. The van der Waals surface area contributed by atoms with Crippen LogP contribution in [-0.2, 0) is 0 Å². The summed E-state index contributed by atoms with van der Waals surface area (Å²) in [4.78, 5) is 0. The number of aliphatic hydroxyl groups excluding tert-OH is 1. The van der Waals surface area contributed by atoms with Crippen LogP contribution in [0.15, 0.2) is 0 Å². The lowest BCUT2D eigenvalue weighted by Gasteiger charge is -2.01. The van der Waals surface area contributed by atoms with Crippen molar-refractivity contribution in [3.05, 3.63) is 0 Å². The first-order valence-electron chi connectivity index (χ1n) is 2.92. The van der Waals surface area contributed by atoms with E-state index in [1.165, 1.54) is 0 Å². The van der Waals surface area contributed by atoms with E-state index in [1.807, 2.05) is 6.92 Å². The number of hydrogen-bond acceptors (Lipinski definition) is 1. The molecule has 0 spiro atoms. The first kappa shape index (κ1) is 7.52. The Morgan fingerprint density at radius 1 is 1.75 bits per heavy atom. The predicted octanol–water partition coefficient (Wildman–Crippen LogP) is 1.17. The van der Waals surface area contributed by atoms with Crippen LogP contribution in [0.5, 0.6) is 0 Å². The summed E-state index contributed by atoms with van der Waals surface area (Å²) in [6.07, 6.45) is 7.02. The predicted molar refractivity (Wildman–Crippen MR) is 34.4 cm³/mol. The minimum atomic E-state index is -0.189. The summed E-state index contributed by atoms with van der Waals surface area (Å²) < 4.78 is 0.